The minimum atomic E-state index is 0.886. The number of fused-ring (bicyclic) bond motifs is 6. The van der Waals surface area contributed by atoms with Crippen molar-refractivity contribution in [2.45, 2.75) is 0 Å². The van der Waals surface area contributed by atoms with E-state index >= 15 is 0 Å². The first-order valence-electron chi connectivity index (χ1n) is 15.7. The first-order chi connectivity index (χ1) is 22.8. The van der Waals surface area contributed by atoms with Crippen molar-refractivity contribution in [1.82, 2.24) is 0 Å². The fraction of sp³-hybridized carbons (Fsp3) is 0. The molecule has 0 fully saturated rings. The first-order valence-corrected chi connectivity index (χ1v) is 15.7. The smallest absolute Gasteiger partial charge is 0.160 e. The molecule has 8 aromatic carbocycles. The Morgan fingerprint density at radius 2 is 0.957 bits per heavy atom. The Balaban J connectivity index is 1.15. The largest absolute Gasteiger partial charge is 0.454 e. The lowest BCUT2D eigenvalue weighted by molar-refractivity contribution is 0.669. The molecule has 1 aromatic heterocycles. The van der Waals surface area contributed by atoms with Gasteiger partial charge in [-0.3, -0.25) is 0 Å². The second kappa shape index (κ2) is 10.8. The van der Waals surface area contributed by atoms with Crippen molar-refractivity contribution in [3.8, 4) is 22.3 Å². The van der Waals surface area contributed by atoms with Crippen LogP contribution in [-0.4, -0.2) is 0 Å². The molecule has 1 heterocycles. The standard InChI is InChI=1S/C44H29NO/c1-2-14-35(15-3-1)45(41-29-34-12-5-7-17-39(34)43-40-18-8-9-20-42(40)46-44(41)43)36-27-25-31(26-28-36)30-21-23-33(24-22-30)38-19-10-13-32-11-4-6-16-37(32)38/h1-29H. The van der Waals surface area contributed by atoms with E-state index < -0.39 is 0 Å². The number of rotatable bonds is 5. The lowest BCUT2D eigenvalue weighted by atomic mass is 9.96. The topological polar surface area (TPSA) is 16.4 Å². The predicted octanol–water partition coefficient (Wildman–Crippen LogP) is 12.7. The normalized spacial score (nSPS) is 11.5. The molecular formula is C44H29NO. The summed E-state index contributed by atoms with van der Waals surface area (Å²) in [6, 6.07) is 62.6. The molecule has 0 aliphatic carbocycles. The minimum Gasteiger partial charge on any atom is -0.454 e. The highest BCUT2D eigenvalue weighted by Crippen LogP contribution is 2.45. The second-order valence-electron chi connectivity index (χ2n) is 11.7. The van der Waals surface area contributed by atoms with E-state index in [1.165, 1.54) is 43.8 Å². The van der Waals surface area contributed by atoms with Crippen LogP contribution in [-0.2, 0) is 0 Å². The van der Waals surface area contributed by atoms with Gasteiger partial charge in [0, 0.05) is 22.1 Å². The average molecular weight is 588 g/mol. The summed E-state index contributed by atoms with van der Waals surface area (Å²) in [5, 5.41) is 7.18. The van der Waals surface area contributed by atoms with Crippen molar-refractivity contribution in [2.75, 3.05) is 4.90 Å². The Labute approximate surface area is 267 Å². The van der Waals surface area contributed by atoms with Gasteiger partial charge < -0.3 is 9.32 Å². The van der Waals surface area contributed by atoms with Crippen LogP contribution >= 0.6 is 0 Å². The summed E-state index contributed by atoms with van der Waals surface area (Å²) >= 11 is 0. The van der Waals surface area contributed by atoms with Crippen LogP contribution in [0.1, 0.15) is 0 Å². The zero-order valence-electron chi connectivity index (χ0n) is 25.1. The number of hydrogen-bond acceptors (Lipinski definition) is 2. The second-order valence-corrected chi connectivity index (χ2v) is 11.7. The van der Waals surface area contributed by atoms with Crippen LogP contribution in [0.15, 0.2) is 180 Å². The molecule has 0 saturated carbocycles. The third-order valence-corrected chi connectivity index (χ3v) is 9.05. The highest BCUT2D eigenvalue weighted by Gasteiger charge is 2.21. The maximum Gasteiger partial charge on any atom is 0.160 e. The molecule has 9 rings (SSSR count). The van der Waals surface area contributed by atoms with Gasteiger partial charge in [0.25, 0.3) is 0 Å². The van der Waals surface area contributed by atoms with E-state index in [1.54, 1.807) is 0 Å². The highest BCUT2D eigenvalue weighted by atomic mass is 16.3. The summed E-state index contributed by atoms with van der Waals surface area (Å²) in [7, 11) is 0. The van der Waals surface area contributed by atoms with Gasteiger partial charge in [-0.25, -0.2) is 0 Å². The number of furan rings is 1. The van der Waals surface area contributed by atoms with Crippen LogP contribution in [0, 0.1) is 0 Å². The van der Waals surface area contributed by atoms with Gasteiger partial charge >= 0.3 is 0 Å². The molecule has 0 unspecified atom stereocenters. The first kappa shape index (κ1) is 26.3. The molecule has 2 heteroatoms. The minimum absolute atomic E-state index is 0.886. The van der Waals surface area contributed by atoms with Crippen LogP contribution in [0.2, 0.25) is 0 Å². The van der Waals surface area contributed by atoms with E-state index in [-0.39, 0.29) is 0 Å². The maximum atomic E-state index is 6.64. The zero-order chi connectivity index (χ0) is 30.5. The van der Waals surface area contributed by atoms with Crippen molar-refractivity contribution in [2.24, 2.45) is 0 Å². The third-order valence-electron chi connectivity index (χ3n) is 9.05. The predicted molar refractivity (Wildman–Crippen MR) is 194 cm³/mol. The Morgan fingerprint density at radius 1 is 0.391 bits per heavy atom. The van der Waals surface area contributed by atoms with Crippen molar-refractivity contribution < 1.29 is 4.42 Å². The SMILES string of the molecule is c1ccc(N(c2ccc(-c3ccc(-c4cccc5ccccc45)cc3)cc2)c2cc3ccccc3c3c2oc2ccccc23)cc1. The summed E-state index contributed by atoms with van der Waals surface area (Å²) in [4.78, 5) is 2.31. The summed E-state index contributed by atoms with van der Waals surface area (Å²) in [5.41, 5.74) is 9.78. The monoisotopic (exact) mass is 587 g/mol. The van der Waals surface area contributed by atoms with Gasteiger partial charge in [0.15, 0.2) is 5.58 Å². The molecule has 0 radical (unpaired) electrons. The summed E-state index contributed by atoms with van der Waals surface area (Å²) < 4.78 is 6.64. The molecule has 0 spiro atoms. The average Bonchev–Trinajstić information content (AvgIpc) is 3.53. The Morgan fingerprint density at radius 3 is 1.74 bits per heavy atom. The Hall–Kier alpha value is -6.12. The fourth-order valence-corrected chi connectivity index (χ4v) is 6.85. The van der Waals surface area contributed by atoms with Crippen LogP contribution in [0.4, 0.5) is 17.1 Å². The fourth-order valence-electron chi connectivity index (χ4n) is 6.85. The van der Waals surface area contributed by atoms with Crippen LogP contribution in [0.3, 0.4) is 0 Å². The van der Waals surface area contributed by atoms with Gasteiger partial charge in [0.05, 0.1) is 5.69 Å². The molecule has 0 saturated heterocycles. The van der Waals surface area contributed by atoms with Crippen molar-refractivity contribution in [3.63, 3.8) is 0 Å². The lowest BCUT2D eigenvalue weighted by Crippen LogP contribution is -2.10. The molecule has 216 valence electrons. The number of anilines is 3. The number of hydrogen-bond donors (Lipinski definition) is 0. The summed E-state index contributed by atoms with van der Waals surface area (Å²) in [5.74, 6) is 0. The Kier molecular flexibility index (Phi) is 6.17. The van der Waals surface area contributed by atoms with Gasteiger partial charge in [-0.1, -0.05) is 140 Å². The van der Waals surface area contributed by atoms with Gasteiger partial charge in [-0.05, 0) is 80.2 Å². The Bertz CT molecular complexity index is 2500. The van der Waals surface area contributed by atoms with E-state index in [9.17, 15) is 0 Å². The molecule has 0 bridgehead atoms. The molecule has 0 atom stereocenters. The quantitative estimate of drug-likeness (QED) is 0.199. The van der Waals surface area contributed by atoms with Crippen molar-refractivity contribution in [1.29, 1.82) is 0 Å². The molecule has 0 aliphatic rings. The van der Waals surface area contributed by atoms with Crippen LogP contribution in [0.25, 0.3) is 65.7 Å². The van der Waals surface area contributed by atoms with E-state index in [0.29, 0.717) is 0 Å². The van der Waals surface area contributed by atoms with E-state index in [4.69, 9.17) is 4.42 Å². The van der Waals surface area contributed by atoms with E-state index in [0.717, 1.165) is 39.0 Å². The molecule has 0 N–H and O–H groups in total. The van der Waals surface area contributed by atoms with Crippen LogP contribution < -0.4 is 4.90 Å². The summed E-state index contributed by atoms with van der Waals surface area (Å²) in [6.45, 7) is 0. The van der Waals surface area contributed by atoms with Crippen LogP contribution in [0.5, 0.6) is 0 Å². The zero-order valence-corrected chi connectivity index (χ0v) is 25.1. The number of nitrogens with zero attached hydrogens (tertiary/aromatic N) is 1. The molecule has 46 heavy (non-hydrogen) atoms. The number of benzene rings is 8. The van der Waals surface area contributed by atoms with Gasteiger partial charge in [-0.15, -0.1) is 0 Å². The molecule has 0 aliphatic heterocycles. The van der Waals surface area contributed by atoms with Gasteiger partial charge in [0.2, 0.25) is 0 Å². The van der Waals surface area contributed by atoms with E-state index in [1.807, 2.05) is 6.07 Å². The van der Waals surface area contributed by atoms with Crippen molar-refractivity contribution in [3.05, 3.63) is 176 Å². The highest BCUT2D eigenvalue weighted by molar-refractivity contribution is 6.23. The number of para-hydroxylation sites is 2. The van der Waals surface area contributed by atoms with Gasteiger partial charge in [-0.2, -0.15) is 0 Å². The third kappa shape index (κ3) is 4.35. The van der Waals surface area contributed by atoms with Gasteiger partial charge in [0.1, 0.15) is 5.58 Å². The summed E-state index contributed by atoms with van der Waals surface area (Å²) in [6.07, 6.45) is 0. The molecule has 2 nitrogen and oxygen atoms in total. The lowest BCUT2D eigenvalue weighted by Gasteiger charge is -2.26. The van der Waals surface area contributed by atoms with Crippen molar-refractivity contribution >= 4 is 60.5 Å². The molecular weight excluding hydrogens is 558 g/mol. The van der Waals surface area contributed by atoms with E-state index in [2.05, 4.69) is 175 Å². The molecule has 9 aromatic rings. The maximum absolute atomic E-state index is 6.64. The molecule has 0 amide bonds.